The van der Waals surface area contributed by atoms with Crippen molar-refractivity contribution in [2.24, 2.45) is 17.8 Å². The molecule has 3 rings (SSSR count). The molecule has 0 atom stereocenters. The molecule has 0 aromatic heterocycles. The van der Waals surface area contributed by atoms with Crippen molar-refractivity contribution >= 4 is 0 Å². The molecule has 146 valence electrons. The average molecular weight is 350 g/mol. The maximum atomic E-state index is 2.80. The molecule has 3 heteroatoms. The van der Waals surface area contributed by atoms with Gasteiger partial charge in [0.25, 0.3) is 0 Å². The first kappa shape index (κ1) is 19.6. The number of likely N-dealkylation sites (tertiary alicyclic amines) is 3. The van der Waals surface area contributed by atoms with Gasteiger partial charge in [0.15, 0.2) is 0 Å². The van der Waals surface area contributed by atoms with Crippen LogP contribution in [0, 0.1) is 17.8 Å². The SMILES string of the molecule is CC(C)N1CCC(CN2CCC(C3CCN(C(C)C)CC3)CC2)CC1. The minimum atomic E-state index is 0.735. The molecular weight excluding hydrogens is 306 g/mol. The zero-order valence-electron chi connectivity index (χ0n) is 17.4. The van der Waals surface area contributed by atoms with Crippen LogP contribution in [0.15, 0.2) is 0 Å². The van der Waals surface area contributed by atoms with Gasteiger partial charge in [0.2, 0.25) is 0 Å². The molecule has 0 amide bonds. The fourth-order valence-corrected chi connectivity index (χ4v) is 5.53. The van der Waals surface area contributed by atoms with Gasteiger partial charge in [-0.15, -0.1) is 0 Å². The third-order valence-corrected chi connectivity index (χ3v) is 7.50. The second kappa shape index (κ2) is 9.19. The van der Waals surface area contributed by atoms with Gasteiger partial charge in [-0.05, 0) is 123 Å². The third-order valence-electron chi connectivity index (χ3n) is 7.50. The highest BCUT2D eigenvalue weighted by Crippen LogP contribution is 2.33. The summed E-state index contributed by atoms with van der Waals surface area (Å²) in [5, 5.41) is 0. The second-order valence-corrected chi connectivity index (χ2v) is 9.68. The van der Waals surface area contributed by atoms with E-state index in [-0.39, 0.29) is 0 Å². The predicted molar refractivity (Wildman–Crippen MR) is 108 cm³/mol. The molecule has 0 radical (unpaired) electrons. The van der Waals surface area contributed by atoms with Crippen molar-refractivity contribution in [3.05, 3.63) is 0 Å². The number of hydrogen-bond acceptors (Lipinski definition) is 3. The van der Waals surface area contributed by atoms with E-state index in [1.807, 2.05) is 0 Å². The minimum Gasteiger partial charge on any atom is -0.303 e. The van der Waals surface area contributed by atoms with Gasteiger partial charge in [0.1, 0.15) is 0 Å². The Kier molecular flexibility index (Phi) is 7.22. The quantitative estimate of drug-likeness (QED) is 0.744. The number of nitrogens with zero attached hydrogens (tertiary/aromatic N) is 3. The highest BCUT2D eigenvalue weighted by Gasteiger charge is 2.31. The number of hydrogen-bond donors (Lipinski definition) is 0. The fraction of sp³-hybridized carbons (Fsp3) is 1.00. The van der Waals surface area contributed by atoms with Crippen LogP contribution in [-0.4, -0.2) is 72.6 Å². The Morgan fingerprint density at radius 2 is 1.00 bits per heavy atom. The Morgan fingerprint density at radius 3 is 1.44 bits per heavy atom. The lowest BCUT2D eigenvalue weighted by atomic mass is 9.78. The highest BCUT2D eigenvalue weighted by atomic mass is 15.2. The molecule has 0 N–H and O–H groups in total. The summed E-state index contributed by atoms with van der Waals surface area (Å²) in [4.78, 5) is 8.14. The maximum Gasteiger partial charge on any atom is 0.00385 e. The van der Waals surface area contributed by atoms with Gasteiger partial charge in [0, 0.05) is 18.6 Å². The predicted octanol–water partition coefficient (Wildman–Crippen LogP) is 3.94. The monoisotopic (exact) mass is 349 g/mol. The Bertz CT molecular complexity index is 371. The van der Waals surface area contributed by atoms with Gasteiger partial charge in [-0.2, -0.15) is 0 Å². The van der Waals surface area contributed by atoms with Gasteiger partial charge in [-0.25, -0.2) is 0 Å². The number of rotatable bonds is 5. The Labute approximate surface area is 157 Å². The molecule has 0 bridgehead atoms. The number of piperidine rings is 3. The van der Waals surface area contributed by atoms with Crippen LogP contribution in [0.5, 0.6) is 0 Å². The van der Waals surface area contributed by atoms with Gasteiger partial charge in [0.05, 0.1) is 0 Å². The van der Waals surface area contributed by atoms with Crippen LogP contribution in [0.1, 0.15) is 66.2 Å². The summed E-state index contributed by atoms with van der Waals surface area (Å²) in [6.45, 7) is 18.9. The molecule has 0 saturated carbocycles. The van der Waals surface area contributed by atoms with Crippen molar-refractivity contribution in [3.8, 4) is 0 Å². The molecule has 3 nitrogen and oxygen atoms in total. The van der Waals surface area contributed by atoms with E-state index >= 15 is 0 Å². The first-order valence-electron chi connectivity index (χ1n) is 11.2. The molecule has 25 heavy (non-hydrogen) atoms. The summed E-state index contributed by atoms with van der Waals surface area (Å²) in [5.74, 6) is 3.00. The van der Waals surface area contributed by atoms with Crippen molar-refractivity contribution in [3.63, 3.8) is 0 Å². The van der Waals surface area contributed by atoms with Gasteiger partial charge < -0.3 is 14.7 Å². The molecule has 0 aromatic rings. The third kappa shape index (κ3) is 5.43. The van der Waals surface area contributed by atoms with E-state index in [4.69, 9.17) is 0 Å². The molecule has 3 fully saturated rings. The van der Waals surface area contributed by atoms with Crippen LogP contribution < -0.4 is 0 Å². The summed E-state index contributed by atoms with van der Waals surface area (Å²) < 4.78 is 0. The molecule has 3 aliphatic heterocycles. The molecule has 0 aliphatic carbocycles. The summed E-state index contributed by atoms with van der Waals surface area (Å²) >= 11 is 0. The largest absolute Gasteiger partial charge is 0.303 e. The lowest BCUT2D eigenvalue weighted by Gasteiger charge is -2.42. The van der Waals surface area contributed by atoms with Crippen LogP contribution in [0.25, 0.3) is 0 Å². The van der Waals surface area contributed by atoms with Crippen molar-refractivity contribution in [1.29, 1.82) is 0 Å². The van der Waals surface area contributed by atoms with Crippen molar-refractivity contribution < 1.29 is 0 Å². The van der Waals surface area contributed by atoms with Crippen molar-refractivity contribution in [2.75, 3.05) is 45.8 Å². The van der Waals surface area contributed by atoms with Crippen LogP contribution in [0.4, 0.5) is 0 Å². The van der Waals surface area contributed by atoms with Crippen LogP contribution in [-0.2, 0) is 0 Å². The minimum absolute atomic E-state index is 0.735. The normalized spacial score (nSPS) is 27.6. The molecule has 0 spiro atoms. The smallest absolute Gasteiger partial charge is 0.00385 e. The molecule has 0 aromatic carbocycles. The van der Waals surface area contributed by atoms with Gasteiger partial charge >= 0.3 is 0 Å². The summed E-state index contributed by atoms with van der Waals surface area (Å²) in [6, 6.07) is 1.48. The highest BCUT2D eigenvalue weighted by molar-refractivity contribution is 4.84. The van der Waals surface area contributed by atoms with Crippen LogP contribution in [0.2, 0.25) is 0 Å². The topological polar surface area (TPSA) is 9.72 Å². The summed E-state index contributed by atoms with van der Waals surface area (Å²) in [6.07, 6.45) is 8.69. The van der Waals surface area contributed by atoms with E-state index in [9.17, 15) is 0 Å². The second-order valence-electron chi connectivity index (χ2n) is 9.68. The average Bonchev–Trinajstić information content (AvgIpc) is 2.63. The van der Waals surface area contributed by atoms with Crippen molar-refractivity contribution in [1.82, 2.24) is 14.7 Å². The van der Waals surface area contributed by atoms with Gasteiger partial charge in [-0.3, -0.25) is 0 Å². The fourth-order valence-electron chi connectivity index (χ4n) is 5.53. The van der Waals surface area contributed by atoms with Crippen LogP contribution in [0.3, 0.4) is 0 Å². The zero-order chi connectivity index (χ0) is 17.8. The molecule has 3 heterocycles. The Hall–Kier alpha value is -0.120. The lowest BCUT2D eigenvalue weighted by Crippen LogP contribution is -2.45. The summed E-state index contributed by atoms with van der Waals surface area (Å²) in [7, 11) is 0. The van der Waals surface area contributed by atoms with Gasteiger partial charge in [-0.1, -0.05) is 0 Å². The van der Waals surface area contributed by atoms with Crippen molar-refractivity contribution in [2.45, 2.75) is 78.3 Å². The maximum absolute atomic E-state index is 2.80. The Morgan fingerprint density at radius 1 is 0.600 bits per heavy atom. The zero-order valence-corrected chi connectivity index (χ0v) is 17.4. The molecule has 3 aliphatic rings. The first-order valence-corrected chi connectivity index (χ1v) is 11.2. The van der Waals surface area contributed by atoms with E-state index in [1.165, 1.54) is 84.3 Å². The van der Waals surface area contributed by atoms with E-state index < -0.39 is 0 Å². The van der Waals surface area contributed by atoms with Crippen LogP contribution >= 0.6 is 0 Å². The first-order chi connectivity index (χ1) is 12.0. The summed E-state index contributed by atoms with van der Waals surface area (Å²) in [5.41, 5.74) is 0. The van der Waals surface area contributed by atoms with E-state index in [1.54, 1.807) is 0 Å². The van der Waals surface area contributed by atoms with E-state index in [2.05, 4.69) is 42.4 Å². The van der Waals surface area contributed by atoms with E-state index in [0.717, 1.165) is 29.8 Å². The molecule has 0 unspecified atom stereocenters. The van der Waals surface area contributed by atoms with E-state index in [0.29, 0.717) is 0 Å². The molecular formula is C22H43N3. The standard InChI is InChI=1S/C22H43N3/c1-18(2)24-13-5-20(6-14-24)17-23-11-7-21(8-12-23)22-9-15-25(16-10-22)19(3)4/h18-22H,5-17H2,1-4H3. The Balaban J connectivity index is 1.34. The lowest BCUT2D eigenvalue weighted by molar-refractivity contribution is 0.0683. The molecule has 3 saturated heterocycles.